The fraction of sp³-hybridized carbons (Fsp3) is 0.700. The molecule has 0 spiro atoms. The van der Waals surface area contributed by atoms with Crippen LogP contribution in [0.25, 0.3) is 0 Å². The number of hydrogen-bond acceptors (Lipinski definition) is 6. The number of carbonyl (C=O) groups excluding carboxylic acids is 1. The molecule has 7 nitrogen and oxygen atoms in total. The molecule has 20 heavy (non-hydrogen) atoms. The van der Waals surface area contributed by atoms with Gasteiger partial charge in [-0.1, -0.05) is 40.1 Å². The van der Waals surface area contributed by atoms with Crippen molar-refractivity contribution in [1.29, 1.82) is 0 Å². The van der Waals surface area contributed by atoms with Crippen LogP contribution in [0.3, 0.4) is 0 Å². The van der Waals surface area contributed by atoms with E-state index in [1.54, 1.807) is 0 Å². The maximum Gasteiger partial charge on any atom is 0.270 e. The van der Waals surface area contributed by atoms with E-state index in [-0.39, 0.29) is 15.4 Å². The number of rotatable bonds is 5. The van der Waals surface area contributed by atoms with E-state index in [1.165, 1.54) is 6.92 Å². The van der Waals surface area contributed by atoms with Gasteiger partial charge in [-0.3, -0.25) is 4.79 Å². The molecule has 0 aliphatic heterocycles. The van der Waals surface area contributed by atoms with Gasteiger partial charge in [-0.2, -0.15) is 0 Å². The molecule has 1 fully saturated rings. The number of anilines is 1. The molecule has 0 unspecified atom stereocenters. The Morgan fingerprint density at radius 3 is 2.60 bits per heavy atom. The molecule has 0 saturated heterocycles. The molecule has 0 bridgehead atoms. The third-order valence-corrected chi connectivity index (χ3v) is 6.94. The van der Waals surface area contributed by atoms with Gasteiger partial charge >= 0.3 is 0 Å². The zero-order valence-electron chi connectivity index (χ0n) is 10.8. The number of sulfonamides is 1. The largest absolute Gasteiger partial charge is 0.301 e. The Morgan fingerprint density at radius 2 is 2.05 bits per heavy atom. The molecule has 0 radical (unpaired) electrons. The van der Waals surface area contributed by atoms with Crippen LogP contribution in [-0.4, -0.2) is 35.4 Å². The number of hydrogen-bond donors (Lipinski definition) is 2. The van der Waals surface area contributed by atoms with Gasteiger partial charge in [0.1, 0.15) is 0 Å². The Labute approximate surface area is 129 Å². The Hall–Kier alpha value is -0.580. The van der Waals surface area contributed by atoms with E-state index < -0.39 is 15.6 Å². The SMILES string of the molecule is CC(=O)Nc1nnc(S(=O)(=O)NC2(CBr)CCCC2)s1. The maximum absolute atomic E-state index is 12.3. The summed E-state index contributed by atoms with van der Waals surface area (Å²) in [5.74, 6) is -0.314. The lowest BCUT2D eigenvalue weighted by Gasteiger charge is -2.26. The third-order valence-electron chi connectivity index (χ3n) is 3.09. The minimum atomic E-state index is -3.72. The predicted octanol–water partition coefficient (Wildman–Crippen LogP) is 1.48. The van der Waals surface area contributed by atoms with Crippen molar-refractivity contribution in [2.24, 2.45) is 0 Å². The average Bonchev–Trinajstić information content (AvgIpc) is 2.98. The van der Waals surface area contributed by atoms with E-state index in [0.717, 1.165) is 37.0 Å². The monoisotopic (exact) mass is 382 g/mol. The number of carbonyl (C=O) groups is 1. The standard InChI is InChI=1S/C10H15BrN4O3S2/c1-7(16)12-8-13-14-9(19-8)20(17,18)15-10(6-11)4-2-3-5-10/h15H,2-6H2,1H3,(H,12,13,16). The molecule has 112 valence electrons. The summed E-state index contributed by atoms with van der Waals surface area (Å²) in [6.07, 6.45) is 3.60. The summed E-state index contributed by atoms with van der Waals surface area (Å²) in [5, 5.41) is 10.5. The van der Waals surface area contributed by atoms with Crippen LogP contribution in [0.15, 0.2) is 4.34 Å². The van der Waals surface area contributed by atoms with Gasteiger partial charge in [-0.25, -0.2) is 13.1 Å². The molecule has 1 aromatic heterocycles. The Balaban J connectivity index is 2.17. The molecule has 1 amide bonds. The molecule has 0 aromatic carbocycles. The Bertz CT molecular complexity index is 595. The summed E-state index contributed by atoms with van der Waals surface area (Å²) in [6, 6.07) is 0. The zero-order chi connectivity index (χ0) is 14.8. The Kier molecular flexibility index (Phi) is 4.77. The molecule has 0 atom stereocenters. The van der Waals surface area contributed by atoms with Crippen molar-refractivity contribution in [2.45, 2.75) is 42.5 Å². The molecule has 1 aliphatic rings. The van der Waals surface area contributed by atoms with Crippen LogP contribution in [0, 0.1) is 0 Å². The average molecular weight is 383 g/mol. The summed E-state index contributed by atoms with van der Waals surface area (Å²) < 4.78 is 27.2. The third kappa shape index (κ3) is 3.54. The maximum atomic E-state index is 12.3. The topological polar surface area (TPSA) is 101 Å². The second-order valence-corrected chi connectivity index (χ2v) is 8.18. The molecule has 1 heterocycles. The summed E-state index contributed by atoms with van der Waals surface area (Å²) in [5.41, 5.74) is -0.446. The number of nitrogens with zero attached hydrogens (tertiary/aromatic N) is 2. The lowest BCUT2D eigenvalue weighted by atomic mass is 10.0. The van der Waals surface area contributed by atoms with Crippen LogP contribution >= 0.6 is 27.3 Å². The lowest BCUT2D eigenvalue weighted by molar-refractivity contribution is -0.114. The first-order valence-electron chi connectivity index (χ1n) is 6.08. The van der Waals surface area contributed by atoms with Crippen LogP contribution < -0.4 is 10.0 Å². The van der Waals surface area contributed by atoms with Crippen molar-refractivity contribution in [1.82, 2.24) is 14.9 Å². The van der Waals surface area contributed by atoms with E-state index in [0.29, 0.717) is 5.33 Å². The van der Waals surface area contributed by atoms with Crippen molar-refractivity contribution in [2.75, 3.05) is 10.6 Å². The lowest BCUT2D eigenvalue weighted by Crippen LogP contribution is -2.47. The highest BCUT2D eigenvalue weighted by molar-refractivity contribution is 9.09. The van der Waals surface area contributed by atoms with Gasteiger partial charge in [0.2, 0.25) is 15.4 Å². The van der Waals surface area contributed by atoms with E-state index >= 15 is 0 Å². The van der Waals surface area contributed by atoms with Crippen LogP contribution in [0.5, 0.6) is 0 Å². The van der Waals surface area contributed by atoms with Gasteiger partial charge in [0.15, 0.2) is 0 Å². The highest BCUT2D eigenvalue weighted by atomic mass is 79.9. The minimum absolute atomic E-state index is 0.131. The molecule has 1 aliphatic carbocycles. The van der Waals surface area contributed by atoms with Gasteiger partial charge in [0.25, 0.3) is 10.0 Å². The highest BCUT2D eigenvalue weighted by Crippen LogP contribution is 2.33. The van der Waals surface area contributed by atoms with Crippen LogP contribution in [0.2, 0.25) is 0 Å². The molecular weight excluding hydrogens is 368 g/mol. The van der Waals surface area contributed by atoms with Crippen molar-refractivity contribution in [3.05, 3.63) is 0 Å². The Morgan fingerprint density at radius 1 is 1.40 bits per heavy atom. The molecule has 1 aromatic rings. The molecule has 10 heteroatoms. The number of halogens is 1. The summed E-state index contributed by atoms with van der Waals surface area (Å²) in [7, 11) is -3.72. The fourth-order valence-electron chi connectivity index (χ4n) is 2.16. The number of nitrogens with one attached hydrogen (secondary N) is 2. The number of amides is 1. The smallest absolute Gasteiger partial charge is 0.270 e. The number of alkyl halides is 1. The van der Waals surface area contributed by atoms with E-state index in [4.69, 9.17) is 0 Å². The second-order valence-electron chi connectivity index (χ2n) is 4.78. The van der Waals surface area contributed by atoms with Gasteiger partial charge in [0.05, 0.1) is 0 Å². The first-order valence-corrected chi connectivity index (χ1v) is 9.50. The molecule has 2 rings (SSSR count). The van der Waals surface area contributed by atoms with Crippen molar-refractivity contribution >= 4 is 48.3 Å². The van der Waals surface area contributed by atoms with Crippen LogP contribution in [0.4, 0.5) is 5.13 Å². The predicted molar refractivity (Wildman–Crippen MR) is 79.5 cm³/mol. The van der Waals surface area contributed by atoms with Gasteiger partial charge < -0.3 is 5.32 Å². The second kappa shape index (κ2) is 6.04. The molecular formula is C10H15BrN4O3S2. The van der Waals surface area contributed by atoms with Crippen molar-refractivity contribution < 1.29 is 13.2 Å². The fourth-order valence-corrected chi connectivity index (χ4v) is 5.46. The molecule has 2 N–H and O–H groups in total. The summed E-state index contributed by atoms with van der Waals surface area (Å²) >= 11 is 4.22. The minimum Gasteiger partial charge on any atom is -0.301 e. The summed E-state index contributed by atoms with van der Waals surface area (Å²) in [6.45, 7) is 1.33. The van der Waals surface area contributed by atoms with Gasteiger partial charge in [0, 0.05) is 17.8 Å². The summed E-state index contributed by atoms with van der Waals surface area (Å²) in [4.78, 5) is 10.9. The van der Waals surface area contributed by atoms with Gasteiger partial charge in [-0.15, -0.1) is 10.2 Å². The van der Waals surface area contributed by atoms with E-state index in [9.17, 15) is 13.2 Å². The van der Waals surface area contributed by atoms with Crippen molar-refractivity contribution in [3.8, 4) is 0 Å². The normalized spacial score (nSPS) is 18.1. The molecule has 1 saturated carbocycles. The number of aromatic nitrogens is 2. The van der Waals surface area contributed by atoms with Gasteiger partial charge in [-0.05, 0) is 12.8 Å². The van der Waals surface area contributed by atoms with E-state index in [1.807, 2.05) is 0 Å². The van der Waals surface area contributed by atoms with Crippen LogP contribution in [-0.2, 0) is 14.8 Å². The first kappa shape index (κ1) is 15.8. The zero-order valence-corrected chi connectivity index (χ0v) is 14.1. The van der Waals surface area contributed by atoms with E-state index in [2.05, 4.69) is 36.2 Å². The first-order chi connectivity index (χ1) is 9.37. The van der Waals surface area contributed by atoms with Crippen molar-refractivity contribution in [3.63, 3.8) is 0 Å². The van der Waals surface area contributed by atoms with Crippen LogP contribution in [0.1, 0.15) is 32.6 Å². The highest BCUT2D eigenvalue weighted by Gasteiger charge is 2.38. The quantitative estimate of drug-likeness (QED) is 0.593.